The lowest BCUT2D eigenvalue weighted by atomic mass is 10.1. The Morgan fingerprint density at radius 2 is 1.90 bits per heavy atom. The minimum absolute atomic E-state index is 0.0867. The fourth-order valence-electron chi connectivity index (χ4n) is 1.86. The summed E-state index contributed by atoms with van der Waals surface area (Å²) in [4.78, 5) is 0. The fraction of sp³-hybridized carbons (Fsp3) is 0.250. The van der Waals surface area contributed by atoms with Gasteiger partial charge in [0.15, 0.2) is 11.6 Å². The van der Waals surface area contributed by atoms with Crippen LogP contribution in [0.2, 0.25) is 10.0 Å². The van der Waals surface area contributed by atoms with Crippen LogP contribution in [0.3, 0.4) is 0 Å². The first-order valence-corrected chi connectivity index (χ1v) is 7.30. The quantitative estimate of drug-likeness (QED) is 0.835. The summed E-state index contributed by atoms with van der Waals surface area (Å²) in [5.74, 6) is -0.164. The van der Waals surface area contributed by atoms with Crippen LogP contribution in [0.25, 0.3) is 0 Å². The number of ether oxygens (including phenoxy) is 1. The van der Waals surface area contributed by atoms with Crippen molar-refractivity contribution < 1.29 is 9.13 Å². The molecule has 0 saturated carbocycles. The summed E-state index contributed by atoms with van der Waals surface area (Å²) >= 11 is 11.8. The second-order valence-corrected chi connectivity index (χ2v) is 5.55. The van der Waals surface area contributed by atoms with Crippen molar-refractivity contribution in [1.29, 1.82) is 0 Å². The Labute approximate surface area is 133 Å². The van der Waals surface area contributed by atoms with Crippen molar-refractivity contribution in [3.63, 3.8) is 0 Å². The van der Waals surface area contributed by atoms with Gasteiger partial charge in [0.1, 0.15) is 6.61 Å². The van der Waals surface area contributed by atoms with E-state index in [-0.39, 0.29) is 24.2 Å². The molecule has 0 aliphatic carbocycles. The van der Waals surface area contributed by atoms with Crippen LogP contribution in [0.15, 0.2) is 36.4 Å². The molecule has 0 fully saturated rings. The molecule has 0 heterocycles. The average Bonchev–Trinajstić information content (AvgIpc) is 2.48. The Morgan fingerprint density at radius 3 is 2.52 bits per heavy atom. The van der Waals surface area contributed by atoms with Crippen LogP contribution in [-0.2, 0) is 6.61 Å². The second kappa shape index (κ2) is 7.12. The molecule has 2 nitrogen and oxygen atoms in total. The molecule has 1 N–H and O–H groups in total. The summed E-state index contributed by atoms with van der Waals surface area (Å²) in [6.45, 7) is 2.19. The van der Waals surface area contributed by atoms with Crippen LogP contribution < -0.4 is 10.1 Å². The van der Waals surface area contributed by atoms with Crippen LogP contribution >= 0.6 is 23.2 Å². The van der Waals surface area contributed by atoms with Gasteiger partial charge in [0.05, 0.1) is 10.0 Å². The number of halogens is 3. The number of benzene rings is 2. The Balaban J connectivity index is 2.07. The summed E-state index contributed by atoms with van der Waals surface area (Å²) < 4.78 is 19.5. The summed E-state index contributed by atoms with van der Waals surface area (Å²) in [7, 11) is 1.83. The lowest BCUT2D eigenvalue weighted by Crippen LogP contribution is -2.12. The molecule has 0 radical (unpaired) electrons. The van der Waals surface area contributed by atoms with Gasteiger partial charge < -0.3 is 10.1 Å². The molecular formula is C16H16Cl2FNO. The van der Waals surface area contributed by atoms with Gasteiger partial charge in [-0.1, -0.05) is 35.3 Å². The van der Waals surface area contributed by atoms with E-state index in [0.29, 0.717) is 10.0 Å². The Hall–Kier alpha value is -1.29. The molecule has 0 aliphatic heterocycles. The summed E-state index contributed by atoms with van der Waals surface area (Å²) in [5.41, 5.74) is 1.70. The largest absolute Gasteiger partial charge is 0.486 e. The molecule has 2 aromatic carbocycles. The zero-order valence-electron chi connectivity index (χ0n) is 11.8. The van der Waals surface area contributed by atoms with Gasteiger partial charge in [0.2, 0.25) is 0 Å². The van der Waals surface area contributed by atoms with E-state index in [9.17, 15) is 4.39 Å². The van der Waals surface area contributed by atoms with Gasteiger partial charge in [-0.05, 0) is 49.4 Å². The van der Waals surface area contributed by atoms with Crippen LogP contribution in [0.5, 0.6) is 5.75 Å². The van der Waals surface area contributed by atoms with E-state index in [0.717, 1.165) is 11.1 Å². The smallest absolute Gasteiger partial charge is 0.165 e. The van der Waals surface area contributed by atoms with Crippen molar-refractivity contribution in [1.82, 2.24) is 5.32 Å². The van der Waals surface area contributed by atoms with Crippen molar-refractivity contribution in [2.75, 3.05) is 7.05 Å². The second-order valence-electron chi connectivity index (χ2n) is 4.74. The maximum Gasteiger partial charge on any atom is 0.165 e. The third-order valence-corrected chi connectivity index (χ3v) is 4.01. The highest BCUT2D eigenvalue weighted by Crippen LogP contribution is 2.25. The third kappa shape index (κ3) is 4.10. The minimum Gasteiger partial charge on any atom is -0.486 e. The maximum atomic E-state index is 14.0. The van der Waals surface area contributed by atoms with Crippen LogP contribution in [0, 0.1) is 5.82 Å². The van der Waals surface area contributed by atoms with Gasteiger partial charge in [-0.3, -0.25) is 0 Å². The molecule has 112 valence electrons. The molecular weight excluding hydrogens is 312 g/mol. The molecule has 0 aliphatic rings. The van der Waals surface area contributed by atoms with E-state index < -0.39 is 0 Å². The highest BCUT2D eigenvalue weighted by Gasteiger charge is 2.09. The van der Waals surface area contributed by atoms with Gasteiger partial charge in [-0.25, -0.2) is 4.39 Å². The predicted octanol–water partition coefficient (Wildman–Crippen LogP) is 4.99. The fourth-order valence-corrected chi connectivity index (χ4v) is 2.18. The van der Waals surface area contributed by atoms with Crippen molar-refractivity contribution in [3.8, 4) is 5.75 Å². The van der Waals surface area contributed by atoms with E-state index >= 15 is 0 Å². The zero-order chi connectivity index (χ0) is 15.4. The first kappa shape index (κ1) is 16.1. The number of hydrogen-bond donors (Lipinski definition) is 1. The first-order chi connectivity index (χ1) is 10.0. The third-order valence-electron chi connectivity index (χ3n) is 3.27. The van der Waals surface area contributed by atoms with Gasteiger partial charge in [0, 0.05) is 6.04 Å². The number of hydrogen-bond acceptors (Lipinski definition) is 2. The Kier molecular flexibility index (Phi) is 5.45. The molecule has 0 aromatic heterocycles. The van der Waals surface area contributed by atoms with Crippen LogP contribution in [0.1, 0.15) is 24.1 Å². The lowest BCUT2D eigenvalue weighted by Gasteiger charge is -2.13. The SMILES string of the molecule is CNC(C)c1ccc(OCc2ccc(Cl)c(Cl)c2)c(F)c1. The van der Waals surface area contributed by atoms with Gasteiger partial charge in [-0.2, -0.15) is 0 Å². The van der Waals surface area contributed by atoms with E-state index in [1.807, 2.05) is 20.0 Å². The molecule has 0 spiro atoms. The highest BCUT2D eigenvalue weighted by molar-refractivity contribution is 6.42. The highest BCUT2D eigenvalue weighted by atomic mass is 35.5. The number of rotatable bonds is 5. The van der Waals surface area contributed by atoms with E-state index in [2.05, 4.69) is 5.32 Å². The molecule has 0 amide bonds. The van der Waals surface area contributed by atoms with Crippen molar-refractivity contribution in [2.45, 2.75) is 19.6 Å². The minimum atomic E-state index is -0.380. The van der Waals surface area contributed by atoms with Crippen LogP contribution in [0.4, 0.5) is 4.39 Å². The van der Waals surface area contributed by atoms with Gasteiger partial charge in [0.25, 0.3) is 0 Å². The average molecular weight is 328 g/mol. The summed E-state index contributed by atoms with van der Waals surface area (Å²) in [5, 5.41) is 4.00. The molecule has 0 bridgehead atoms. The Morgan fingerprint density at radius 1 is 1.14 bits per heavy atom. The summed E-state index contributed by atoms with van der Waals surface area (Å²) in [6, 6.07) is 10.2. The topological polar surface area (TPSA) is 21.3 Å². The van der Waals surface area contributed by atoms with Crippen molar-refractivity contribution in [3.05, 3.63) is 63.4 Å². The molecule has 1 atom stereocenters. The van der Waals surface area contributed by atoms with Crippen molar-refractivity contribution in [2.24, 2.45) is 0 Å². The molecule has 2 rings (SSSR count). The van der Waals surface area contributed by atoms with Gasteiger partial charge >= 0.3 is 0 Å². The summed E-state index contributed by atoms with van der Waals surface area (Å²) in [6.07, 6.45) is 0. The molecule has 21 heavy (non-hydrogen) atoms. The molecule has 5 heteroatoms. The predicted molar refractivity (Wildman–Crippen MR) is 84.7 cm³/mol. The van der Waals surface area contributed by atoms with E-state index in [1.54, 1.807) is 24.3 Å². The lowest BCUT2D eigenvalue weighted by molar-refractivity contribution is 0.290. The van der Waals surface area contributed by atoms with Crippen LogP contribution in [-0.4, -0.2) is 7.05 Å². The Bertz CT molecular complexity index is 634. The molecule has 1 unspecified atom stereocenters. The van der Waals surface area contributed by atoms with E-state index in [1.165, 1.54) is 6.07 Å². The van der Waals surface area contributed by atoms with Gasteiger partial charge in [-0.15, -0.1) is 0 Å². The first-order valence-electron chi connectivity index (χ1n) is 6.54. The monoisotopic (exact) mass is 327 g/mol. The van der Waals surface area contributed by atoms with Crippen molar-refractivity contribution >= 4 is 23.2 Å². The molecule has 0 saturated heterocycles. The number of nitrogens with one attached hydrogen (secondary N) is 1. The maximum absolute atomic E-state index is 14.0. The molecule has 2 aromatic rings. The van der Waals surface area contributed by atoms with E-state index in [4.69, 9.17) is 27.9 Å². The standard InChI is InChI=1S/C16H16Cl2FNO/c1-10(20-2)12-4-6-16(15(19)8-12)21-9-11-3-5-13(17)14(18)7-11/h3-8,10,20H,9H2,1-2H3. The normalized spacial score (nSPS) is 12.2. The zero-order valence-corrected chi connectivity index (χ0v) is 13.3.